The second-order valence-corrected chi connectivity index (χ2v) is 4.99. The van der Waals surface area contributed by atoms with E-state index in [0.29, 0.717) is 11.3 Å². The van der Waals surface area contributed by atoms with E-state index >= 15 is 0 Å². The van der Waals surface area contributed by atoms with Crippen molar-refractivity contribution in [2.75, 3.05) is 31.5 Å². The van der Waals surface area contributed by atoms with Crippen LogP contribution in [0.25, 0.3) is 0 Å². The van der Waals surface area contributed by atoms with E-state index in [1.807, 2.05) is 0 Å². The molecule has 1 unspecified atom stereocenters. The van der Waals surface area contributed by atoms with E-state index in [4.69, 9.17) is 0 Å². The molecular weight excluding hydrogens is 257 g/mol. The molecule has 1 aromatic rings. The van der Waals surface area contributed by atoms with Gasteiger partial charge in [-0.1, -0.05) is 13.8 Å². The molecule has 1 heterocycles. The van der Waals surface area contributed by atoms with Crippen LogP contribution in [0, 0.1) is 5.82 Å². The quantitative estimate of drug-likeness (QED) is 0.752. The molecule has 1 atom stereocenters. The third-order valence-corrected chi connectivity index (χ3v) is 3.74. The van der Waals surface area contributed by atoms with Gasteiger partial charge in [-0.15, -0.1) is 0 Å². The zero-order valence-corrected chi connectivity index (χ0v) is 12.1. The van der Waals surface area contributed by atoms with Crippen LogP contribution in [0.5, 0.6) is 0 Å². The van der Waals surface area contributed by atoms with Crippen molar-refractivity contribution in [2.45, 2.75) is 26.3 Å². The van der Waals surface area contributed by atoms with Gasteiger partial charge in [0.1, 0.15) is 11.9 Å². The Morgan fingerprint density at radius 3 is 2.80 bits per heavy atom. The molecule has 110 valence electrons. The minimum Gasteiger partial charge on any atom is -0.324 e. The topological polar surface area (TPSA) is 44.4 Å². The maximum absolute atomic E-state index is 13.3. The second-order valence-electron chi connectivity index (χ2n) is 4.99. The predicted molar refractivity (Wildman–Crippen MR) is 78.2 cm³/mol. The van der Waals surface area contributed by atoms with E-state index in [0.717, 1.165) is 32.6 Å². The zero-order chi connectivity index (χ0) is 14.5. The van der Waals surface area contributed by atoms with Crippen LogP contribution in [0.15, 0.2) is 18.2 Å². The molecule has 1 aliphatic heterocycles. The summed E-state index contributed by atoms with van der Waals surface area (Å²) in [6.07, 6.45) is 0.968. The van der Waals surface area contributed by atoms with Crippen molar-refractivity contribution in [1.29, 1.82) is 0 Å². The lowest BCUT2D eigenvalue weighted by atomic mass is 10.1. The summed E-state index contributed by atoms with van der Waals surface area (Å²) in [5.74, 6) is -0.413. The van der Waals surface area contributed by atoms with E-state index in [1.54, 1.807) is 6.07 Å². The summed E-state index contributed by atoms with van der Waals surface area (Å²) in [5, 5.41) is 5.98. The third-order valence-electron chi connectivity index (χ3n) is 3.74. The highest BCUT2D eigenvalue weighted by Crippen LogP contribution is 2.30. The van der Waals surface area contributed by atoms with Crippen LogP contribution < -0.4 is 10.6 Å². The molecule has 0 aromatic heterocycles. The Morgan fingerprint density at radius 1 is 1.35 bits per heavy atom. The van der Waals surface area contributed by atoms with Crippen molar-refractivity contribution in [3.05, 3.63) is 29.6 Å². The monoisotopic (exact) mass is 279 g/mol. The van der Waals surface area contributed by atoms with E-state index in [9.17, 15) is 9.18 Å². The number of benzene rings is 1. The van der Waals surface area contributed by atoms with Gasteiger partial charge in [0.05, 0.1) is 0 Å². The van der Waals surface area contributed by atoms with Crippen molar-refractivity contribution in [3.63, 3.8) is 0 Å². The molecule has 0 radical (unpaired) electrons. The molecule has 1 aromatic carbocycles. The first-order valence-electron chi connectivity index (χ1n) is 7.21. The van der Waals surface area contributed by atoms with Gasteiger partial charge < -0.3 is 15.5 Å². The first kappa shape index (κ1) is 14.9. The third kappa shape index (κ3) is 3.35. The Labute approximate surface area is 119 Å². The largest absolute Gasteiger partial charge is 0.324 e. The number of fused-ring (bicyclic) bond motifs is 1. The summed E-state index contributed by atoms with van der Waals surface area (Å²) in [5.41, 5.74) is 1.41. The van der Waals surface area contributed by atoms with Crippen LogP contribution in [0.3, 0.4) is 0 Å². The molecule has 1 aliphatic rings. The molecule has 4 nitrogen and oxygen atoms in total. The van der Waals surface area contributed by atoms with Gasteiger partial charge in [0.15, 0.2) is 0 Å². The number of nitrogens with zero attached hydrogens (tertiary/aromatic N) is 1. The molecule has 5 heteroatoms. The molecule has 2 rings (SSSR count). The summed E-state index contributed by atoms with van der Waals surface area (Å²) in [6, 6.07) is 3.97. The molecule has 0 fully saturated rings. The minimum absolute atomic E-state index is 0.103. The van der Waals surface area contributed by atoms with Crippen molar-refractivity contribution in [1.82, 2.24) is 10.2 Å². The number of rotatable bonds is 7. The molecular formula is C15H22FN3O. The van der Waals surface area contributed by atoms with Gasteiger partial charge in [0, 0.05) is 11.3 Å². The first-order valence-corrected chi connectivity index (χ1v) is 7.21. The van der Waals surface area contributed by atoms with Crippen molar-refractivity contribution in [2.24, 2.45) is 0 Å². The number of nitrogens with one attached hydrogen (secondary N) is 2. The second kappa shape index (κ2) is 6.81. The van der Waals surface area contributed by atoms with Gasteiger partial charge in [0.2, 0.25) is 5.91 Å². The lowest BCUT2D eigenvalue weighted by molar-refractivity contribution is -0.117. The Kier molecular flexibility index (Phi) is 5.09. The fraction of sp³-hybridized carbons (Fsp3) is 0.533. The number of amides is 1. The predicted octanol–water partition coefficient (Wildman–Crippen LogP) is 2.14. The minimum atomic E-state index is -0.433. The molecule has 0 bridgehead atoms. The number of carbonyl (C=O) groups is 1. The highest BCUT2D eigenvalue weighted by atomic mass is 19.1. The Morgan fingerprint density at radius 2 is 2.10 bits per heavy atom. The van der Waals surface area contributed by atoms with Crippen LogP contribution in [0.4, 0.5) is 10.1 Å². The normalized spacial score (nSPS) is 17.4. The van der Waals surface area contributed by atoms with E-state index in [2.05, 4.69) is 29.4 Å². The number of carbonyl (C=O) groups excluding carboxylic acids is 1. The van der Waals surface area contributed by atoms with E-state index < -0.39 is 6.04 Å². The smallest absolute Gasteiger partial charge is 0.246 e. The van der Waals surface area contributed by atoms with Crippen LogP contribution in [0.2, 0.25) is 0 Å². The average Bonchev–Trinajstić information content (AvgIpc) is 2.75. The summed E-state index contributed by atoms with van der Waals surface area (Å²) >= 11 is 0. The molecule has 0 saturated carbocycles. The first-order chi connectivity index (χ1) is 9.65. The van der Waals surface area contributed by atoms with Gasteiger partial charge in [0.25, 0.3) is 0 Å². The average molecular weight is 279 g/mol. The summed E-state index contributed by atoms with van der Waals surface area (Å²) in [4.78, 5) is 14.2. The van der Waals surface area contributed by atoms with Crippen LogP contribution in [-0.2, 0) is 4.79 Å². The molecule has 0 saturated heterocycles. The Balaban J connectivity index is 1.88. The Bertz CT molecular complexity index is 474. The van der Waals surface area contributed by atoms with Gasteiger partial charge in [-0.05, 0) is 50.8 Å². The summed E-state index contributed by atoms with van der Waals surface area (Å²) in [6.45, 7) is 8.10. The lowest BCUT2D eigenvalue weighted by Gasteiger charge is -2.18. The molecule has 1 amide bonds. The molecule has 0 spiro atoms. The Hall–Kier alpha value is -1.46. The maximum atomic E-state index is 13.3. The van der Waals surface area contributed by atoms with Gasteiger partial charge in [-0.25, -0.2) is 4.39 Å². The number of hydrogen-bond acceptors (Lipinski definition) is 3. The lowest BCUT2D eigenvalue weighted by Crippen LogP contribution is -2.31. The van der Waals surface area contributed by atoms with Crippen LogP contribution in [0.1, 0.15) is 31.9 Å². The number of halogens is 1. The summed E-state index contributed by atoms with van der Waals surface area (Å²) in [7, 11) is 0. The molecule has 2 N–H and O–H groups in total. The van der Waals surface area contributed by atoms with Crippen molar-refractivity contribution < 1.29 is 9.18 Å². The summed E-state index contributed by atoms with van der Waals surface area (Å²) < 4.78 is 13.3. The fourth-order valence-corrected chi connectivity index (χ4v) is 2.52. The SMILES string of the molecule is CCN(CC)CCCNC1C(=O)Nc2ccc(F)cc21. The van der Waals surface area contributed by atoms with Crippen LogP contribution in [-0.4, -0.2) is 37.0 Å². The molecule has 0 aliphatic carbocycles. The molecule has 20 heavy (non-hydrogen) atoms. The highest BCUT2D eigenvalue weighted by molar-refractivity contribution is 6.02. The van der Waals surface area contributed by atoms with E-state index in [1.165, 1.54) is 12.1 Å². The van der Waals surface area contributed by atoms with Gasteiger partial charge in [-0.2, -0.15) is 0 Å². The maximum Gasteiger partial charge on any atom is 0.246 e. The van der Waals surface area contributed by atoms with Crippen LogP contribution >= 0.6 is 0 Å². The van der Waals surface area contributed by atoms with Gasteiger partial charge in [-0.3, -0.25) is 4.79 Å². The standard InChI is InChI=1S/C15H22FN3O/c1-3-19(4-2)9-5-8-17-14-12-10-11(16)6-7-13(12)18-15(14)20/h6-7,10,14,17H,3-5,8-9H2,1-2H3,(H,18,20). The van der Waals surface area contributed by atoms with E-state index in [-0.39, 0.29) is 11.7 Å². The number of hydrogen-bond donors (Lipinski definition) is 2. The highest BCUT2D eigenvalue weighted by Gasteiger charge is 2.30. The number of anilines is 1. The van der Waals surface area contributed by atoms with Crippen molar-refractivity contribution in [3.8, 4) is 0 Å². The van der Waals surface area contributed by atoms with Crippen molar-refractivity contribution >= 4 is 11.6 Å². The fourth-order valence-electron chi connectivity index (χ4n) is 2.52. The zero-order valence-electron chi connectivity index (χ0n) is 12.1. The van der Waals surface area contributed by atoms with Gasteiger partial charge >= 0.3 is 0 Å².